The Balaban J connectivity index is 1.76. The summed E-state index contributed by atoms with van der Waals surface area (Å²) in [6.45, 7) is 7.32. The van der Waals surface area contributed by atoms with E-state index in [-0.39, 0.29) is 24.3 Å². The second-order valence-electron chi connectivity index (χ2n) is 5.85. The van der Waals surface area contributed by atoms with E-state index in [0.29, 0.717) is 31.5 Å². The van der Waals surface area contributed by atoms with Crippen LogP contribution in [0.4, 0.5) is 0 Å². The SMILES string of the molecule is Cc1nc(CC(=O)N2CCOCC2c2nnc(C(C)C)o2)cs1. The van der Waals surface area contributed by atoms with Crippen LogP contribution in [0.3, 0.4) is 0 Å². The molecule has 0 saturated carbocycles. The Hall–Kier alpha value is -1.80. The van der Waals surface area contributed by atoms with Crippen molar-refractivity contribution in [3.05, 3.63) is 27.9 Å². The molecule has 0 radical (unpaired) electrons. The number of aryl methyl sites for hydroxylation is 1. The molecule has 3 rings (SSSR count). The number of amides is 1. The fourth-order valence-corrected chi connectivity index (χ4v) is 3.08. The molecule has 2 aromatic rings. The van der Waals surface area contributed by atoms with Crippen LogP contribution in [-0.4, -0.2) is 45.7 Å². The van der Waals surface area contributed by atoms with E-state index in [1.807, 2.05) is 26.2 Å². The van der Waals surface area contributed by atoms with Crippen molar-refractivity contribution in [1.82, 2.24) is 20.1 Å². The lowest BCUT2D eigenvalue weighted by molar-refractivity contribution is -0.140. The second-order valence-corrected chi connectivity index (χ2v) is 6.91. The summed E-state index contributed by atoms with van der Waals surface area (Å²) >= 11 is 1.55. The Morgan fingerprint density at radius 3 is 2.96 bits per heavy atom. The standard InChI is InChI=1S/C15H20N4O3S/c1-9(2)14-17-18-15(22-14)12-7-21-5-4-19(12)13(20)6-11-8-23-10(3)16-11/h8-9,12H,4-7H2,1-3H3. The maximum absolute atomic E-state index is 12.6. The Labute approximate surface area is 138 Å². The van der Waals surface area contributed by atoms with E-state index in [1.165, 1.54) is 0 Å². The molecule has 8 heteroatoms. The topological polar surface area (TPSA) is 81.4 Å². The van der Waals surface area contributed by atoms with Crippen molar-refractivity contribution in [2.24, 2.45) is 0 Å². The molecule has 0 aliphatic carbocycles. The minimum absolute atomic E-state index is 0.00731. The third kappa shape index (κ3) is 3.59. The third-order valence-corrected chi connectivity index (χ3v) is 4.51. The molecule has 124 valence electrons. The van der Waals surface area contributed by atoms with Gasteiger partial charge in [0.2, 0.25) is 17.7 Å². The van der Waals surface area contributed by atoms with E-state index in [9.17, 15) is 4.79 Å². The number of rotatable bonds is 4. The van der Waals surface area contributed by atoms with Gasteiger partial charge in [-0.1, -0.05) is 13.8 Å². The Bertz CT molecular complexity index is 682. The predicted molar refractivity (Wildman–Crippen MR) is 84.2 cm³/mol. The number of carbonyl (C=O) groups is 1. The number of aromatic nitrogens is 3. The third-order valence-electron chi connectivity index (χ3n) is 3.68. The first-order valence-corrected chi connectivity index (χ1v) is 8.54. The number of ether oxygens (including phenoxy) is 1. The monoisotopic (exact) mass is 336 g/mol. The summed E-state index contributed by atoms with van der Waals surface area (Å²) in [6.07, 6.45) is 0.284. The van der Waals surface area contributed by atoms with Gasteiger partial charge in [-0.15, -0.1) is 21.5 Å². The summed E-state index contributed by atoms with van der Waals surface area (Å²) in [6, 6.07) is -0.323. The number of thiazole rings is 1. The quantitative estimate of drug-likeness (QED) is 0.850. The van der Waals surface area contributed by atoms with E-state index in [2.05, 4.69) is 15.2 Å². The first-order valence-electron chi connectivity index (χ1n) is 7.66. The first kappa shape index (κ1) is 16.1. The molecule has 3 heterocycles. The summed E-state index contributed by atoms with van der Waals surface area (Å²) in [7, 11) is 0. The number of carbonyl (C=O) groups excluding carboxylic acids is 1. The number of nitrogens with zero attached hydrogens (tertiary/aromatic N) is 4. The fraction of sp³-hybridized carbons (Fsp3) is 0.600. The highest BCUT2D eigenvalue weighted by molar-refractivity contribution is 7.09. The smallest absolute Gasteiger partial charge is 0.241 e. The van der Waals surface area contributed by atoms with Gasteiger partial charge in [-0.25, -0.2) is 4.98 Å². The normalized spacial score (nSPS) is 18.6. The second kappa shape index (κ2) is 6.76. The summed E-state index contributed by atoms with van der Waals surface area (Å²) < 4.78 is 11.2. The Kier molecular flexibility index (Phi) is 4.72. The van der Waals surface area contributed by atoms with Crippen molar-refractivity contribution in [1.29, 1.82) is 0 Å². The van der Waals surface area contributed by atoms with Crippen LogP contribution >= 0.6 is 11.3 Å². The molecule has 1 atom stereocenters. The predicted octanol–water partition coefficient (Wildman–Crippen LogP) is 2.10. The minimum Gasteiger partial charge on any atom is -0.423 e. The van der Waals surface area contributed by atoms with Gasteiger partial charge in [0.05, 0.1) is 30.3 Å². The van der Waals surface area contributed by atoms with Gasteiger partial charge >= 0.3 is 0 Å². The van der Waals surface area contributed by atoms with Gasteiger partial charge in [0.1, 0.15) is 6.04 Å². The highest BCUT2D eigenvalue weighted by atomic mass is 32.1. The molecule has 1 fully saturated rings. The van der Waals surface area contributed by atoms with Crippen LogP contribution < -0.4 is 0 Å². The molecule has 7 nitrogen and oxygen atoms in total. The average molecular weight is 336 g/mol. The van der Waals surface area contributed by atoms with Crippen molar-refractivity contribution in [3.63, 3.8) is 0 Å². The van der Waals surface area contributed by atoms with Crippen LogP contribution in [-0.2, 0) is 16.0 Å². The van der Waals surface area contributed by atoms with E-state index >= 15 is 0 Å². The van der Waals surface area contributed by atoms with Crippen LogP contribution in [0.25, 0.3) is 0 Å². The lowest BCUT2D eigenvalue weighted by atomic mass is 10.2. The van der Waals surface area contributed by atoms with Crippen molar-refractivity contribution >= 4 is 17.2 Å². The van der Waals surface area contributed by atoms with E-state index in [1.54, 1.807) is 16.2 Å². The number of hydrogen-bond acceptors (Lipinski definition) is 7. The first-order chi connectivity index (χ1) is 11.0. The number of hydrogen-bond donors (Lipinski definition) is 0. The molecule has 1 unspecified atom stereocenters. The fourth-order valence-electron chi connectivity index (χ4n) is 2.47. The highest BCUT2D eigenvalue weighted by Gasteiger charge is 2.33. The zero-order chi connectivity index (χ0) is 16.4. The zero-order valence-electron chi connectivity index (χ0n) is 13.5. The van der Waals surface area contributed by atoms with Gasteiger partial charge in [0, 0.05) is 17.8 Å². The van der Waals surface area contributed by atoms with Crippen LogP contribution in [0, 0.1) is 6.92 Å². The van der Waals surface area contributed by atoms with Gasteiger partial charge in [0.25, 0.3) is 0 Å². The van der Waals surface area contributed by atoms with E-state index in [4.69, 9.17) is 9.15 Å². The van der Waals surface area contributed by atoms with Crippen LogP contribution in [0.2, 0.25) is 0 Å². The number of morpholine rings is 1. The summed E-state index contributed by atoms with van der Waals surface area (Å²) in [5, 5.41) is 11.0. The largest absolute Gasteiger partial charge is 0.423 e. The van der Waals surface area contributed by atoms with E-state index < -0.39 is 0 Å². The lowest BCUT2D eigenvalue weighted by Crippen LogP contribution is -2.44. The maximum atomic E-state index is 12.6. The summed E-state index contributed by atoms with van der Waals surface area (Å²) in [4.78, 5) is 18.8. The van der Waals surface area contributed by atoms with Crippen LogP contribution in [0.15, 0.2) is 9.80 Å². The average Bonchev–Trinajstić information content (AvgIpc) is 3.16. The van der Waals surface area contributed by atoms with Crippen LogP contribution in [0.1, 0.15) is 48.3 Å². The molecule has 0 spiro atoms. The molecular formula is C15H20N4O3S. The molecule has 1 aliphatic heterocycles. The molecular weight excluding hydrogens is 316 g/mol. The molecule has 0 aromatic carbocycles. The Morgan fingerprint density at radius 2 is 2.30 bits per heavy atom. The molecule has 1 aliphatic rings. The van der Waals surface area contributed by atoms with Crippen molar-refractivity contribution in [3.8, 4) is 0 Å². The lowest BCUT2D eigenvalue weighted by Gasteiger charge is -2.33. The molecule has 1 saturated heterocycles. The maximum Gasteiger partial charge on any atom is 0.241 e. The van der Waals surface area contributed by atoms with Crippen molar-refractivity contribution < 1.29 is 13.9 Å². The van der Waals surface area contributed by atoms with Crippen molar-refractivity contribution in [2.75, 3.05) is 19.8 Å². The van der Waals surface area contributed by atoms with Gasteiger partial charge in [-0.2, -0.15) is 0 Å². The highest BCUT2D eigenvalue weighted by Crippen LogP contribution is 2.26. The van der Waals surface area contributed by atoms with E-state index in [0.717, 1.165) is 10.7 Å². The van der Waals surface area contributed by atoms with Gasteiger partial charge < -0.3 is 14.1 Å². The minimum atomic E-state index is -0.323. The van der Waals surface area contributed by atoms with Gasteiger partial charge in [-0.05, 0) is 6.92 Å². The Morgan fingerprint density at radius 1 is 1.48 bits per heavy atom. The molecule has 0 N–H and O–H groups in total. The van der Waals surface area contributed by atoms with Crippen LogP contribution in [0.5, 0.6) is 0 Å². The molecule has 2 aromatic heterocycles. The molecule has 1 amide bonds. The van der Waals surface area contributed by atoms with Crippen molar-refractivity contribution in [2.45, 2.75) is 39.2 Å². The molecule has 23 heavy (non-hydrogen) atoms. The summed E-state index contributed by atoms with van der Waals surface area (Å²) in [5.74, 6) is 1.18. The molecule has 0 bridgehead atoms. The summed E-state index contributed by atoms with van der Waals surface area (Å²) in [5.41, 5.74) is 0.802. The van der Waals surface area contributed by atoms with Gasteiger partial charge in [-0.3, -0.25) is 4.79 Å². The zero-order valence-corrected chi connectivity index (χ0v) is 14.3. The van der Waals surface area contributed by atoms with Gasteiger partial charge in [0.15, 0.2) is 0 Å².